The summed E-state index contributed by atoms with van der Waals surface area (Å²) in [6.45, 7) is 0.495. The van der Waals surface area contributed by atoms with Crippen molar-refractivity contribution >= 4 is 5.97 Å². The second-order valence-corrected chi connectivity index (χ2v) is 4.82. The van der Waals surface area contributed by atoms with Crippen LogP contribution in [0.15, 0.2) is 12.1 Å². The van der Waals surface area contributed by atoms with Gasteiger partial charge in [0, 0.05) is 30.8 Å². The van der Waals surface area contributed by atoms with E-state index in [-0.39, 0.29) is 12.6 Å². The zero-order valence-electron chi connectivity index (χ0n) is 11.5. The minimum atomic E-state index is -0.868. The Morgan fingerprint density at radius 1 is 1.50 bits per heavy atom. The molecule has 1 heterocycles. The lowest BCUT2D eigenvalue weighted by Gasteiger charge is -2.18. The average molecular weight is 283 g/mol. The first-order valence-electron chi connectivity index (χ1n) is 6.38. The number of methoxy groups -OCH3 is 2. The lowest BCUT2D eigenvalue weighted by molar-refractivity contribution is -0.141. The lowest BCUT2D eigenvalue weighted by Crippen LogP contribution is -2.18. The molecule has 1 aromatic carbocycles. The summed E-state index contributed by atoms with van der Waals surface area (Å²) < 4.78 is 24.7. The van der Waals surface area contributed by atoms with E-state index in [0.29, 0.717) is 29.8 Å². The molecule has 1 aliphatic rings. The second kappa shape index (κ2) is 6.19. The predicted molar refractivity (Wildman–Crippen MR) is 70.2 cm³/mol. The Balaban J connectivity index is 2.34. The van der Waals surface area contributed by atoms with E-state index in [2.05, 4.69) is 5.32 Å². The summed E-state index contributed by atoms with van der Waals surface area (Å²) in [5, 5.41) is 12.1. The summed E-state index contributed by atoms with van der Waals surface area (Å²) in [6, 6.07) is 2.94. The van der Waals surface area contributed by atoms with Gasteiger partial charge in [-0.25, -0.2) is 4.39 Å². The maximum atomic E-state index is 14.5. The predicted octanol–water partition coefficient (Wildman–Crippen LogP) is 1.72. The number of aliphatic carboxylic acids is 1. The highest BCUT2D eigenvalue weighted by Gasteiger charge is 2.33. The average Bonchev–Trinajstić information content (AvgIpc) is 2.90. The highest BCUT2D eigenvalue weighted by atomic mass is 19.1. The van der Waals surface area contributed by atoms with Crippen LogP contribution in [0.4, 0.5) is 4.39 Å². The van der Waals surface area contributed by atoms with Gasteiger partial charge in [0.05, 0.1) is 19.6 Å². The molecule has 2 rings (SSSR count). The van der Waals surface area contributed by atoms with E-state index in [1.54, 1.807) is 12.1 Å². The van der Waals surface area contributed by atoms with Crippen molar-refractivity contribution in [3.8, 4) is 5.75 Å². The van der Waals surface area contributed by atoms with Gasteiger partial charge in [0.2, 0.25) is 0 Å². The van der Waals surface area contributed by atoms with E-state index < -0.39 is 17.7 Å². The molecule has 2 atom stereocenters. The molecule has 0 radical (unpaired) electrons. The fourth-order valence-electron chi connectivity index (χ4n) is 2.53. The fraction of sp³-hybridized carbons (Fsp3) is 0.500. The van der Waals surface area contributed by atoms with E-state index >= 15 is 0 Å². The second-order valence-electron chi connectivity index (χ2n) is 4.82. The zero-order chi connectivity index (χ0) is 14.7. The molecule has 0 aliphatic carbocycles. The summed E-state index contributed by atoms with van der Waals surface area (Å²) in [7, 11) is 2.97. The largest absolute Gasteiger partial charge is 0.496 e. The summed E-state index contributed by atoms with van der Waals surface area (Å²) in [6.07, 6.45) is 0.346. The SMILES string of the molecule is COCc1ccc(OC)c(C2CC(C(=O)O)CN2)c1F. The fourth-order valence-corrected chi connectivity index (χ4v) is 2.53. The number of carboxylic acids is 1. The summed E-state index contributed by atoms with van der Waals surface area (Å²) in [4.78, 5) is 11.0. The Morgan fingerprint density at radius 2 is 2.25 bits per heavy atom. The van der Waals surface area contributed by atoms with Gasteiger partial charge in [0.15, 0.2) is 0 Å². The molecule has 2 N–H and O–H groups in total. The van der Waals surface area contributed by atoms with Crippen LogP contribution >= 0.6 is 0 Å². The summed E-state index contributed by atoms with van der Waals surface area (Å²) >= 11 is 0. The molecular weight excluding hydrogens is 265 g/mol. The Labute approximate surface area is 116 Å². The standard InChI is InChI=1S/C14H18FNO4/c1-19-7-8-3-4-11(20-2)12(13(8)15)10-5-9(6-16-10)14(17)18/h3-4,9-10,16H,5-7H2,1-2H3,(H,17,18). The van der Waals surface area contributed by atoms with Crippen LogP contribution < -0.4 is 10.1 Å². The minimum Gasteiger partial charge on any atom is -0.496 e. The van der Waals surface area contributed by atoms with Gasteiger partial charge < -0.3 is 19.9 Å². The van der Waals surface area contributed by atoms with E-state index in [9.17, 15) is 9.18 Å². The quantitative estimate of drug-likeness (QED) is 0.861. The number of hydrogen-bond acceptors (Lipinski definition) is 4. The van der Waals surface area contributed by atoms with Crippen LogP contribution in [0.2, 0.25) is 0 Å². The van der Waals surface area contributed by atoms with Crippen molar-refractivity contribution in [2.75, 3.05) is 20.8 Å². The normalized spacial score (nSPS) is 21.9. The smallest absolute Gasteiger partial charge is 0.307 e. The third-order valence-electron chi connectivity index (χ3n) is 3.57. The zero-order valence-corrected chi connectivity index (χ0v) is 11.5. The number of rotatable bonds is 5. The molecule has 1 saturated heterocycles. The van der Waals surface area contributed by atoms with Crippen molar-refractivity contribution in [1.82, 2.24) is 5.32 Å². The van der Waals surface area contributed by atoms with Crippen molar-refractivity contribution in [3.05, 3.63) is 29.1 Å². The van der Waals surface area contributed by atoms with Crippen molar-refractivity contribution in [3.63, 3.8) is 0 Å². The molecule has 1 fully saturated rings. The molecule has 6 heteroatoms. The third-order valence-corrected chi connectivity index (χ3v) is 3.57. The number of benzene rings is 1. The first kappa shape index (κ1) is 14.7. The van der Waals surface area contributed by atoms with E-state index in [1.807, 2.05) is 0 Å². The van der Waals surface area contributed by atoms with Crippen LogP contribution in [-0.4, -0.2) is 31.8 Å². The number of ether oxygens (including phenoxy) is 2. The van der Waals surface area contributed by atoms with Gasteiger partial charge >= 0.3 is 5.97 Å². The Hall–Kier alpha value is -1.66. The Bertz CT molecular complexity index is 506. The van der Waals surface area contributed by atoms with Gasteiger partial charge in [-0.05, 0) is 12.5 Å². The molecule has 0 aromatic heterocycles. The maximum absolute atomic E-state index is 14.5. The summed E-state index contributed by atoms with van der Waals surface area (Å²) in [5.74, 6) is -1.34. The van der Waals surface area contributed by atoms with Gasteiger partial charge in [0.1, 0.15) is 11.6 Å². The minimum absolute atomic E-state index is 0.165. The third kappa shape index (κ3) is 2.76. The van der Waals surface area contributed by atoms with Gasteiger partial charge in [-0.2, -0.15) is 0 Å². The van der Waals surface area contributed by atoms with E-state index in [0.717, 1.165) is 0 Å². The molecule has 1 aliphatic heterocycles. The highest BCUT2D eigenvalue weighted by molar-refractivity contribution is 5.71. The van der Waals surface area contributed by atoms with Gasteiger partial charge in [-0.15, -0.1) is 0 Å². The molecule has 0 spiro atoms. The number of carbonyl (C=O) groups is 1. The van der Waals surface area contributed by atoms with Gasteiger partial charge in [0.25, 0.3) is 0 Å². The lowest BCUT2D eigenvalue weighted by atomic mass is 9.97. The molecular formula is C14H18FNO4. The van der Waals surface area contributed by atoms with Crippen molar-refractivity contribution < 1.29 is 23.8 Å². The van der Waals surface area contributed by atoms with Crippen molar-refractivity contribution in [1.29, 1.82) is 0 Å². The molecule has 2 unspecified atom stereocenters. The number of hydrogen-bond donors (Lipinski definition) is 2. The van der Waals surface area contributed by atoms with Crippen LogP contribution in [0.1, 0.15) is 23.6 Å². The number of carboxylic acid groups (broad SMARTS) is 1. The molecule has 110 valence electrons. The van der Waals surface area contributed by atoms with Crippen LogP contribution in [0.3, 0.4) is 0 Å². The maximum Gasteiger partial charge on any atom is 0.307 e. The molecule has 20 heavy (non-hydrogen) atoms. The first-order chi connectivity index (χ1) is 9.58. The number of nitrogens with one attached hydrogen (secondary N) is 1. The van der Waals surface area contributed by atoms with Gasteiger partial charge in [-0.1, -0.05) is 6.07 Å². The van der Waals surface area contributed by atoms with Crippen LogP contribution in [-0.2, 0) is 16.1 Å². The van der Waals surface area contributed by atoms with Crippen LogP contribution in [0.25, 0.3) is 0 Å². The van der Waals surface area contributed by atoms with Crippen molar-refractivity contribution in [2.24, 2.45) is 5.92 Å². The topological polar surface area (TPSA) is 67.8 Å². The van der Waals surface area contributed by atoms with E-state index in [4.69, 9.17) is 14.6 Å². The Morgan fingerprint density at radius 3 is 2.80 bits per heavy atom. The number of halogens is 1. The van der Waals surface area contributed by atoms with Crippen molar-refractivity contribution in [2.45, 2.75) is 19.1 Å². The van der Waals surface area contributed by atoms with E-state index in [1.165, 1.54) is 14.2 Å². The first-order valence-corrected chi connectivity index (χ1v) is 6.38. The molecule has 0 bridgehead atoms. The molecule has 1 aromatic rings. The Kier molecular flexibility index (Phi) is 4.57. The summed E-state index contributed by atoms with van der Waals surface area (Å²) in [5.41, 5.74) is 0.815. The molecule has 0 amide bonds. The van der Waals surface area contributed by atoms with Crippen LogP contribution in [0.5, 0.6) is 5.75 Å². The highest BCUT2D eigenvalue weighted by Crippen LogP contribution is 2.36. The van der Waals surface area contributed by atoms with Crippen LogP contribution in [0, 0.1) is 11.7 Å². The van der Waals surface area contributed by atoms with Gasteiger partial charge in [-0.3, -0.25) is 4.79 Å². The monoisotopic (exact) mass is 283 g/mol. The molecule has 0 saturated carbocycles. The molecule has 5 nitrogen and oxygen atoms in total.